The van der Waals surface area contributed by atoms with Gasteiger partial charge in [0, 0.05) is 13.1 Å². The van der Waals surface area contributed by atoms with E-state index in [0.717, 1.165) is 32.2 Å². The topological polar surface area (TPSA) is 62.6 Å². The van der Waals surface area contributed by atoms with Crippen LogP contribution in [0.5, 0.6) is 0 Å². The predicted octanol–water partition coefficient (Wildman–Crippen LogP) is 2.98. The van der Waals surface area contributed by atoms with Crippen LogP contribution in [0.1, 0.15) is 52.2 Å². The van der Waals surface area contributed by atoms with Crippen LogP contribution in [0.15, 0.2) is 21.6 Å². The monoisotopic (exact) mass is 316 g/mol. The minimum atomic E-state index is -3.51. The second-order valence-corrected chi connectivity index (χ2v) is 6.98. The molecule has 0 saturated carbocycles. The fourth-order valence-electron chi connectivity index (χ4n) is 1.99. The van der Waals surface area contributed by atoms with E-state index in [4.69, 9.17) is 4.42 Å². The van der Waals surface area contributed by atoms with Crippen LogP contribution >= 0.6 is 0 Å². The Morgan fingerprint density at radius 3 is 2.24 bits per heavy atom. The molecule has 5 nitrogen and oxygen atoms in total. The van der Waals surface area contributed by atoms with Gasteiger partial charge in [0.1, 0.15) is 5.76 Å². The van der Waals surface area contributed by atoms with Crippen LogP contribution in [0.25, 0.3) is 0 Å². The van der Waals surface area contributed by atoms with Gasteiger partial charge < -0.3 is 9.73 Å². The second-order valence-electron chi connectivity index (χ2n) is 5.11. The lowest BCUT2D eigenvalue weighted by molar-refractivity contribution is 0.356. The lowest BCUT2D eigenvalue weighted by Crippen LogP contribution is -2.32. The molecule has 6 heteroatoms. The molecule has 1 aromatic rings. The minimum absolute atomic E-state index is 0.0580. The molecule has 0 unspecified atom stereocenters. The lowest BCUT2D eigenvalue weighted by atomic mass is 10.3. The normalized spacial score (nSPS) is 12.2. The first-order valence-corrected chi connectivity index (χ1v) is 9.29. The van der Waals surface area contributed by atoms with Crippen molar-refractivity contribution in [2.45, 2.75) is 58.1 Å². The van der Waals surface area contributed by atoms with Gasteiger partial charge in [-0.25, -0.2) is 8.42 Å². The molecule has 0 aliphatic carbocycles. The molecule has 0 aliphatic rings. The summed E-state index contributed by atoms with van der Waals surface area (Å²) in [5, 5.41) is 3.18. The molecule has 0 spiro atoms. The third kappa shape index (κ3) is 5.45. The van der Waals surface area contributed by atoms with E-state index in [2.05, 4.69) is 19.2 Å². The Morgan fingerprint density at radius 1 is 1.10 bits per heavy atom. The Bertz CT molecular complexity index is 489. The van der Waals surface area contributed by atoms with Gasteiger partial charge in [-0.2, -0.15) is 4.31 Å². The maximum Gasteiger partial charge on any atom is 0.276 e. The van der Waals surface area contributed by atoms with Crippen LogP contribution in [0.2, 0.25) is 0 Å². The minimum Gasteiger partial charge on any atom is -0.447 e. The molecule has 0 saturated heterocycles. The number of unbranched alkanes of at least 4 members (excludes halogenated alkanes) is 2. The highest BCUT2D eigenvalue weighted by atomic mass is 32.2. The van der Waals surface area contributed by atoms with Gasteiger partial charge in [0.2, 0.25) is 5.09 Å². The highest BCUT2D eigenvalue weighted by molar-refractivity contribution is 7.89. The first kappa shape index (κ1) is 18.2. The van der Waals surface area contributed by atoms with Crippen molar-refractivity contribution in [3.63, 3.8) is 0 Å². The summed E-state index contributed by atoms with van der Waals surface area (Å²) in [5.41, 5.74) is 0. The number of nitrogens with zero attached hydrogens (tertiary/aromatic N) is 1. The van der Waals surface area contributed by atoms with Crippen molar-refractivity contribution in [3.05, 3.63) is 17.9 Å². The van der Waals surface area contributed by atoms with Gasteiger partial charge in [-0.1, -0.05) is 33.6 Å². The third-order valence-electron chi connectivity index (χ3n) is 3.30. The van der Waals surface area contributed by atoms with Crippen molar-refractivity contribution in [2.75, 3.05) is 19.6 Å². The van der Waals surface area contributed by atoms with Crippen molar-refractivity contribution in [2.24, 2.45) is 0 Å². The Morgan fingerprint density at radius 2 is 1.71 bits per heavy atom. The number of furan rings is 1. The molecule has 122 valence electrons. The van der Waals surface area contributed by atoms with Gasteiger partial charge >= 0.3 is 0 Å². The number of sulfonamides is 1. The van der Waals surface area contributed by atoms with Crippen LogP contribution in [0.3, 0.4) is 0 Å². The molecule has 0 bridgehead atoms. The highest BCUT2D eigenvalue weighted by Crippen LogP contribution is 2.20. The Labute approximate surface area is 128 Å². The molecule has 1 N–H and O–H groups in total. The quantitative estimate of drug-likeness (QED) is 0.682. The van der Waals surface area contributed by atoms with Gasteiger partial charge in [0.15, 0.2) is 0 Å². The van der Waals surface area contributed by atoms with Crippen LogP contribution in [-0.4, -0.2) is 32.4 Å². The van der Waals surface area contributed by atoms with Gasteiger partial charge in [0.05, 0.1) is 6.54 Å². The summed E-state index contributed by atoms with van der Waals surface area (Å²) in [5.74, 6) is 0.654. The zero-order chi connectivity index (χ0) is 15.7. The van der Waals surface area contributed by atoms with Gasteiger partial charge in [0.25, 0.3) is 10.0 Å². The van der Waals surface area contributed by atoms with Crippen molar-refractivity contribution in [3.8, 4) is 0 Å². The van der Waals surface area contributed by atoms with E-state index in [1.54, 1.807) is 16.4 Å². The van der Waals surface area contributed by atoms with Crippen molar-refractivity contribution < 1.29 is 12.8 Å². The third-order valence-corrected chi connectivity index (χ3v) is 5.08. The van der Waals surface area contributed by atoms with E-state index in [1.165, 1.54) is 0 Å². The summed E-state index contributed by atoms with van der Waals surface area (Å²) in [6.45, 7) is 8.61. The number of rotatable bonds is 11. The first-order chi connectivity index (χ1) is 10.1. The van der Waals surface area contributed by atoms with E-state index in [1.807, 2.05) is 6.92 Å². The van der Waals surface area contributed by atoms with Crippen LogP contribution < -0.4 is 5.32 Å². The summed E-state index contributed by atoms with van der Waals surface area (Å²) in [6, 6.07) is 3.29. The Hall–Kier alpha value is -0.850. The van der Waals surface area contributed by atoms with E-state index >= 15 is 0 Å². The lowest BCUT2D eigenvalue weighted by Gasteiger charge is -2.20. The van der Waals surface area contributed by atoms with Crippen LogP contribution in [-0.2, 0) is 16.6 Å². The molecule has 1 aromatic heterocycles. The average Bonchev–Trinajstić information content (AvgIpc) is 2.94. The molecule has 0 amide bonds. The maximum absolute atomic E-state index is 12.6. The molecular formula is C15H28N2O3S. The number of nitrogens with one attached hydrogen (secondary N) is 1. The molecular weight excluding hydrogens is 288 g/mol. The predicted molar refractivity (Wildman–Crippen MR) is 84.7 cm³/mol. The Kier molecular flexibility index (Phi) is 8.00. The molecule has 0 radical (unpaired) electrons. The summed E-state index contributed by atoms with van der Waals surface area (Å²) in [6.07, 6.45) is 3.69. The summed E-state index contributed by atoms with van der Waals surface area (Å²) < 4.78 is 32.3. The summed E-state index contributed by atoms with van der Waals surface area (Å²) in [7, 11) is -3.51. The second kappa shape index (κ2) is 9.23. The zero-order valence-corrected chi connectivity index (χ0v) is 14.2. The SMILES string of the molecule is CCCCN(CCCC)S(=O)(=O)c1ccc(CNCC)o1. The van der Waals surface area contributed by atoms with Gasteiger partial charge in [-0.05, 0) is 31.5 Å². The van der Waals surface area contributed by atoms with Crippen molar-refractivity contribution in [1.82, 2.24) is 9.62 Å². The smallest absolute Gasteiger partial charge is 0.276 e. The molecule has 0 aromatic carbocycles. The maximum atomic E-state index is 12.6. The van der Waals surface area contributed by atoms with Crippen molar-refractivity contribution >= 4 is 10.0 Å². The molecule has 1 rings (SSSR count). The van der Waals surface area contributed by atoms with Gasteiger partial charge in [-0.3, -0.25) is 0 Å². The molecule has 1 heterocycles. The highest BCUT2D eigenvalue weighted by Gasteiger charge is 2.26. The fraction of sp³-hybridized carbons (Fsp3) is 0.733. The van der Waals surface area contributed by atoms with Gasteiger partial charge in [-0.15, -0.1) is 0 Å². The zero-order valence-electron chi connectivity index (χ0n) is 13.4. The largest absolute Gasteiger partial charge is 0.447 e. The number of hydrogen-bond acceptors (Lipinski definition) is 4. The van der Waals surface area contributed by atoms with E-state index < -0.39 is 10.0 Å². The average molecular weight is 316 g/mol. The van der Waals surface area contributed by atoms with E-state index in [9.17, 15) is 8.42 Å². The molecule has 0 aliphatic heterocycles. The Balaban J connectivity index is 2.85. The van der Waals surface area contributed by atoms with Crippen LogP contribution in [0, 0.1) is 0 Å². The molecule has 21 heavy (non-hydrogen) atoms. The van der Waals surface area contributed by atoms with Crippen LogP contribution in [0.4, 0.5) is 0 Å². The standard InChI is InChI=1S/C15H28N2O3S/c1-4-7-11-17(12-8-5-2)21(18,19)15-10-9-14(20-15)13-16-6-3/h9-10,16H,4-8,11-13H2,1-3H3. The van der Waals surface area contributed by atoms with E-state index in [0.29, 0.717) is 25.4 Å². The summed E-state index contributed by atoms with van der Waals surface area (Å²) in [4.78, 5) is 0. The van der Waals surface area contributed by atoms with Crippen molar-refractivity contribution in [1.29, 1.82) is 0 Å². The fourth-order valence-corrected chi connectivity index (χ4v) is 3.43. The number of hydrogen-bond donors (Lipinski definition) is 1. The van der Waals surface area contributed by atoms with E-state index in [-0.39, 0.29) is 5.09 Å². The molecule has 0 atom stereocenters. The summed E-state index contributed by atoms with van der Waals surface area (Å²) >= 11 is 0. The first-order valence-electron chi connectivity index (χ1n) is 7.85. The molecule has 0 fully saturated rings.